The number of hydrogen-bond acceptors (Lipinski definition) is 3. The molecule has 0 unspecified atom stereocenters. The molecule has 1 fully saturated rings. The molecule has 0 bridgehead atoms. The van der Waals surface area contributed by atoms with Crippen molar-refractivity contribution in [3.8, 4) is 0 Å². The van der Waals surface area contributed by atoms with E-state index in [1.165, 1.54) is 17.7 Å². The van der Waals surface area contributed by atoms with Gasteiger partial charge in [-0.3, -0.25) is 4.99 Å². The monoisotopic (exact) mass is 300 g/mol. The van der Waals surface area contributed by atoms with Crippen LogP contribution in [0.15, 0.2) is 63.5 Å². The Bertz CT molecular complexity index is 550. The molecule has 2 aliphatic heterocycles. The summed E-state index contributed by atoms with van der Waals surface area (Å²) in [6, 6.07) is 0. The van der Waals surface area contributed by atoms with Crippen molar-refractivity contribution in [3.05, 3.63) is 58.5 Å². The minimum Gasteiger partial charge on any atom is -0.329 e. The third kappa shape index (κ3) is 3.59. The molecule has 0 N–H and O–H groups in total. The Balaban J connectivity index is 2.20. The normalized spacial score (nSPS) is 18.6. The first-order chi connectivity index (χ1) is 10.2. The first-order valence-corrected chi connectivity index (χ1v) is 8.44. The molecule has 112 valence electrons. The summed E-state index contributed by atoms with van der Waals surface area (Å²) in [5.74, 6) is 1.04. The fraction of sp³-hybridized carbons (Fsp3) is 0.389. The summed E-state index contributed by atoms with van der Waals surface area (Å²) in [5.41, 5.74) is 3.80. The topological polar surface area (TPSA) is 15.6 Å². The van der Waals surface area contributed by atoms with Gasteiger partial charge in [0.05, 0.1) is 6.54 Å². The van der Waals surface area contributed by atoms with E-state index in [9.17, 15) is 0 Å². The summed E-state index contributed by atoms with van der Waals surface area (Å²) in [6.45, 7) is 14.3. The fourth-order valence-electron chi connectivity index (χ4n) is 2.64. The van der Waals surface area contributed by atoms with Crippen LogP contribution in [0.3, 0.4) is 0 Å². The summed E-state index contributed by atoms with van der Waals surface area (Å²) in [7, 11) is 0. The van der Waals surface area contributed by atoms with Crippen molar-refractivity contribution in [1.82, 2.24) is 4.90 Å². The van der Waals surface area contributed by atoms with E-state index in [4.69, 9.17) is 4.99 Å². The molecule has 2 rings (SSSR count). The van der Waals surface area contributed by atoms with Crippen LogP contribution >= 0.6 is 11.8 Å². The number of thioether (sulfide) groups is 1. The highest BCUT2D eigenvalue weighted by molar-refractivity contribution is 8.06. The second kappa shape index (κ2) is 7.51. The number of allylic oxidation sites excluding steroid dienone is 4. The molecule has 21 heavy (non-hydrogen) atoms. The second-order valence-electron chi connectivity index (χ2n) is 5.17. The Morgan fingerprint density at radius 2 is 2.24 bits per heavy atom. The van der Waals surface area contributed by atoms with Crippen LogP contribution in [0.5, 0.6) is 0 Å². The molecule has 0 amide bonds. The van der Waals surface area contributed by atoms with Crippen molar-refractivity contribution < 1.29 is 0 Å². The van der Waals surface area contributed by atoms with E-state index in [1.54, 1.807) is 11.8 Å². The Morgan fingerprint density at radius 1 is 1.43 bits per heavy atom. The van der Waals surface area contributed by atoms with Crippen molar-refractivity contribution in [3.63, 3.8) is 0 Å². The first kappa shape index (κ1) is 15.9. The Morgan fingerprint density at radius 3 is 2.95 bits per heavy atom. The van der Waals surface area contributed by atoms with Gasteiger partial charge in [0.15, 0.2) is 0 Å². The fourth-order valence-corrected chi connectivity index (χ4v) is 3.22. The van der Waals surface area contributed by atoms with Gasteiger partial charge in [0.1, 0.15) is 5.84 Å². The number of amidine groups is 1. The highest BCUT2D eigenvalue weighted by Gasteiger charge is 2.29. The summed E-state index contributed by atoms with van der Waals surface area (Å²) in [6.07, 6.45) is 9.66. The molecular weight excluding hydrogens is 276 g/mol. The molecular formula is C18H24N2S. The van der Waals surface area contributed by atoms with Crippen LogP contribution in [0.2, 0.25) is 0 Å². The van der Waals surface area contributed by atoms with Gasteiger partial charge in [0.2, 0.25) is 0 Å². The maximum atomic E-state index is 4.77. The average Bonchev–Trinajstić information content (AvgIpc) is 2.98. The summed E-state index contributed by atoms with van der Waals surface area (Å²) in [5, 5.41) is 2.06. The van der Waals surface area contributed by atoms with Crippen molar-refractivity contribution in [2.45, 2.75) is 33.1 Å². The zero-order valence-corrected chi connectivity index (χ0v) is 13.9. The van der Waals surface area contributed by atoms with Gasteiger partial charge < -0.3 is 4.90 Å². The average molecular weight is 300 g/mol. The summed E-state index contributed by atoms with van der Waals surface area (Å²) in [4.78, 5) is 8.14. The molecule has 0 aromatic heterocycles. The van der Waals surface area contributed by atoms with E-state index < -0.39 is 0 Å². The quantitative estimate of drug-likeness (QED) is 0.638. The van der Waals surface area contributed by atoms with Crippen molar-refractivity contribution in [2.75, 3.05) is 13.1 Å². The molecule has 2 aliphatic rings. The standard InChI is InChI=1S/C18H24N2S/c1-5-7-9-14(3)16-13-19-18(15(4)21-12-6-2)20-11-8-10-17(16)20/h6-7,9,12H,3-5,8,10-11,13H2,1-2H3/b9-7-,12-6-. The van der Waals surface area contributed by atoms with E-state index in [-0.39, 0.29) is 0 Å². The van der Waals surface area contributed by atoms with Crippen molar-refractivity contribution in [1.29, 1.82) is 0 Å². The number of nitrogens with zero attached hydrogens (tertiary/aromatic N) is 2. The van der Waals surface area contributed by atoms with Crippen LogP contribution in [0.25, 0.3) is 0 Å². The molecule has 3 heteroatoms. The molecule has 0 aliphatic carbocycles. The van der Waals surface area contributed by atoms with Crippen LogP contribution in [-0.2, 0) is 0 Å². The van der Waals surface area contributed by atoms with E-state index >= 15 is 0 Å². The van der Waals surface area contributed by atoms with Crippen LogP contribution in [0, 0.1) is 0 Å². The summed E-state index contributed by atoms with van der Waals surface area (Å²) >= 11 is 1.65. The molecule has 2 nitrogen and oxygen atoms in total. The van der Waals surface area contributed by atoms with Crippen LogP contribution < -0.4 is 0 Å². The Kier molecular flexibility index (Phi) is 5.68. The second-order valence-corrected chi connectivity index (χ2v) is 6.17. The van der Waals surface area contributed by atoms with E-state index in [1.807, 2.05) is 13.0 Å². The van der Waals surface area contributed by atoms with Gasteiger partial charge in [0, 0.05) is 17.1 Å². The van der Waals surface area contributed by atoms with Crippen molar-refractivity contribution in [2.24, 2.45) is 4.99 Å². The highest BCUT2D eigenvalue weighted by atomic mass is 32.2. The maximum Gasteiger partial charge on any atom is 0.141 e. The molecule has 0 saturated carbocycles. The zero-order valence-electron chi connectivity index (χ0n) is 13.1. The number of aliphatic imine (C=N–C) groups is 1. The predicted molar refractivity (Wildman–Crippen MR) is 95.4 cm³/mol. The van der Waals surface area contributed by atoms with Gasteiger partial charge in [0.25, 0.3) is 0 Å². The molecule has 1 saturated heterocycles. The molecule has 0 spiro atoms. The van der Waals surface area contributed by atoms with Crippen LogP contribution in [-0.4, -0.2) is 23.8 Å². The molecule has 0 atom stereocenters. The van der Waals surface area contributed by atoms with Gasteiger partial charge in [-0.2, -0.15) is 0 Å². The summed E-state index contributed by atoms with van der Waals surface area (Å²) < 4.78 is 0. The molecule has 0 aromatic carbocycles. The van der Waals surface area contributed by atoms with Crippen LogP contribution in [0.1, 0.15) is 33.1 Å². The number of fused-ring (bicyclic) bond motifs is 1. The minimum absolute atomic E-state index is 0.726. The number of rotatable bonds is 6. The van der Waals surface area contributed by atoms with Gasteiger partial charge in [-0.15, -0.1) is 0 Å². The van der Waals surface area contributed by atoms with Gasteiger partial charge in [-0.1, -0.05) is 50.1 Å². The highest BCUT2D eigenvalue weighted by Crippen LogP contribution is 2.34. The smallest absolute Gasteiger partial charge is 0.141 e. The molecule has 2 heterocycles. The van der Waals surface area contributed by atoms with Gasteiger partial charge in [-0.25, -0.2) is 0 Å². The largest absolute Gasteiger partial charge is 0.329 e. The molecule has 0 radical (unpaired) electrons. The predicted octanol–water partition coefficient (Wildman–Crippen LogP) is 5.05. The van der Waals surface area contributed by atoms with E-state index in [2.05, 4.69) is 42.5 Å². The lowest BCUT2D eigenvalue weighted by molar-refractivity contribution is 0.571. The van der Waals surface area contributed by atoms with Crippen molar-refractivity contribution >= 4 is 17.6 Å². The first-order valence-electron chi connectivity index (χ1n) is 7.56. The lowest BCUT2D eigenvalue weighted by Crippen LogP contribution is -2.31. The van der Waals surface area contributed by atoms with Gasteiger partial charge >= 0.3 is 0 Å². The Hall–Kier alpha value is -1.48. The van der Waals surface area contributed by atoms with Gasteiger partial charge in [-0.05, 0) is 42.7 Å². The van der Waals surface area contributed by atoms with E-state index in [0.29, 0.717) is 0 Å². The third-order valence-corrected chi connectivity index (χ3v) is 4.53. The van der Waals surface area contributed by atoms with Crippen LogP contribution in [0.4, 0.5) is 0 Å². The minimum atomic E-state index is 0.726. The molecule has 0 aromatic rings. The lowest BCUT2D eigenvalue weighted by Gasteiger charge is -2.29. The van der Waals surface area contributed by atoms with E-state index in [0.717, 1.165) is 42.2 Å². The SMILES string of the molecule is C=C(/C=C\CC)C1=C2CCCN2C(C(=C)S/C=C\C)=NC1. The zero-order chi connectivity index (χ0) is 15.2. The number of hydrogen-bond donors (Lipinski definition) is 0. The lowest BCUT2D eigenvalue weighted by atomic mass is 10.0. The maximum absolute atomic E-state index is 4.77. The Labute approximate surface area is 132 Å². The third-order valence-electron chi connectivity index (χ3n) is 3.65.